The van der Waals surface area contributed by atoms with Crippen molar-refractivity contribution in [1.29, 1.82) is 0 Å². The quantitative estimate of drug-likeness (QED) is 0.697. The summed E-state index contributed by atoms with van der Waals surface area (Å²) in [5.41, 5.74) is 8.64. The van der Waals surface area contributed by atoms with Crippen molar-refractivity contribution in [1.82, 2.24) is 14.5 Å². The number of pyridine rings is 1. The minimum atomic E-state index is -1.06. The van der Waals surface area contributed by atoms with Crippen LogP contribution in [0.25, 0.3) is 21.9 Å². The SMILES string of the molecule is Cn1cnc2cc3cc(N)c(C(C)(C)O)nc3cc21. The number of benzene rings is 1. The van der Waals surface area contributed by atoms with Gasteiger partial charge in [0, 0.05) is 12.4 Å². The Bertz CT molecular complexity index is 783. The molecule has 5 nitrogen and oxygen atoms in total. The normalized spacial score (nSPS) is 12.4. The number of nitrogens with zero attached hydrogens (tertiary/aromatic N) is 3. The van der Waals surface area contributed by atoms with Crippen molar-refractivity contribution in [2.24, 2.45) is 7.05 Å². The van der Waals surface area contributed by atoms with E-state index in [1.165, 1.54) is 0 Å². The van der Waals surface area contributed by atoms with E-state index in [9.17, 15) is 5.11 Å². The zero-order valence-corrected chi connectivity index (χ0v) is 11.2. The van der Waals surface area contributed by atoms with E-state index in [1.54, 1.807) is 20.2 Å². The number of aryl methyl sites for hydroxylation is 1. The number of rotatable bonds is 1. The van der Waals surface area contributed by atoms with E-state index in [0.29, 0.717) is 11.4 Å². The monoisotopic (exact) mass is 256 g/mol. The first-order chi connectivity index (χ1) is 8.86. The van der Waals surface area contributed by atoms with Gasteiger partial charge in [0.25, 0.3) is 0 Å². The Balaban J connectivity index is 2.38. The second-order valence-electron chi connectivity index (χ2n) is 5.37. The van der Waals surface area contributed by atoms with Gasteiger partial charge in [-0.3, -0.25) is 0 Å². The zero-order chi connectivity index (χ0) is 13.8. The summed E-state index contributed by atoms with van der Waals surface area (Å²) >= 11 is 0. The highest BCUT2D eigenvalue weighted by molar-refractivity contribution is 5.94. The number of nitrogen functional groups attached to an aromatic ring is 1. The van der Waals surface area contributed by atoms with Crippen LogP contribution in [0.3, 0.4) is 0 Å². The Kier molecular flexibility index (Phi) is 2.31. The Hall–Kier alpha value is -2.14. The molecule has 0 spiro atoms. The molecule has 3 rings (SSSR count). The molecule has 3 aromatic rings. The largest absolute Gasteiger partial charge is 0.397 e. The van der Waals surface area contributed by atoms with Gasteiger partial charge in [-0.15, -0.1) is 0 Å². The molecule has 0 saturated carbocycles. The summed E-state index contributed by atoms with van der Waals surface area (Å²) in [7, 11) is 1.94. The number of anilines is 1. The van der Waals surface area contributed by atoms with Gasteiger partial charge in [-0.1, -0.05) is 0 Å². The van der Waals surface area contributed by atoms with Crippen LogP contribution in [0.2, 0.25) is 0 Å². The molecule has 0 aliphatic rings. The predicted octanol–water partition coefficient (Wildman–Crippen LogP) is 1.93. The van der Waals surface area contributed by atoms with Crippen molar-refractivity contribution in [2.75, 3.05) is 5.73 Å². The Labute approximate surface area is 110 Å². The van der Waals surface area contributed by atoms with Crippen molar-refractivity contribution in [3.8, 4) is 0 Å². The average Bonchev–Trinajstić information content (AvgIpc) is 2.66. The average molecular weight is 256 g/mol. The van der Waals surface area contributed by atoms with Crippen LogP contribution >= 0.6 is 0 Å². The fraction of sp³-hybridized carbons (Fsp3) is 0.286. The standard InChI is InChI=1S/C14H16N4O/c1-14(2,19)13-9(15)4-8-5-11-12(6-10(8)17-13)18(3)7-16-11/h4-7,19H,15H2,1-3H3. The number of hydrogen-bond acceptors (Lipinski definition) is 4. The molecule has 0 aliphatic carbocycles. The first kappa shape index (κ1) is 11.9. The number of aromatic nitrogens is 3. The van der Waals surface area contributed by atoms with Crippen LogP contribution in [0.15, 0.2) is 24.5 Å². The van der Waals surface area contributed by atoms with E-state index in [0.717, 1.165) is 21.9 Å². The van der Waals surface area contributed by atoms with E-state index in [4.69, 9.17) is 5.73 Å². The van der Waals surface area contributed by atoms with Crippen LogP contribution in [0.4, 0.5) is 5.69 Å². The fourth-order valence-corrected chi connectivity index (χ4v) is 2.30. The smallest absolute Gasteiger partial charge is 0.103 e. The highest BCUT2D eigenvalue weighted by Crippen LogP contribution is 2.29. The molecule has 0 unspecified atom stereocenters. The lowest BCUT2D eigenvalue weighted by molar-refractivity contribution is 0.0751. The molecule has 0 fully saturated rings. The molecular weight excluding hydrogens is 240 g/mol. The number of imidazole rings is 1. The summed E-state index contributed by atoms with van der Waals surface area (Å²) in [4.78, 5) is 8.81. The van der Waals surface area contributed by atoms with E-state index in [2.05, 4.69) is 9.97 Å². The van der Waals surface area contributed by atoms with Crippen LogP contribution in [0.1, 0.15) is 19.5 Å². The summed E-state index contributed by atoms with van der Waals surface area (Å²) in [6.45, 7) is 3.36. The molecule has 0 saturated heterocycles. The third-order valence-corrected chi connectivity index (χ3v) is 3.27. The molecule has 0 aliphatic heterocycles. The van der Waals surface area contributed by atoms with Crippen molar-refractivity contribution >= 4 is 27.6 Å². The lowest BCUT2D eigenvalue weighted by atomic mass is 10.0. The summed E-state index contributed by atoms with van der Waals surface area (Å²) in [6.07, 6.45) is 1.77. The molecule has 19 heavy (non-hydrogen) atoms. The van der Waals surface area contributed by atoms with Gasteiger partial charge in [-0.05, 0) is 32.0 Å². The van der Waals surface area contributed by atoms with E-state index in [1.807, 2.05) is 29.8 Å². The van der Waals surface area contributed by atoms with Crippen molar-refractivity contribution < 1.29 is 5.11 Å². The molecule has 98 valence electrons. The number of aliphatic hydroxyl groups is 1. The Morgan fingerprint density at radius 3 is 2.63 bits per heavy atom. The highest BCUT2D eigenvalue weighted by Gasteiger charge is 2.21. The second kappa shape index (κ2) is 3.68. The van der Waals surface area contributed by atoms with Crippen LogP contribution < -0.4 is 5.73 Å². The van der Waals surface area contributed by atoms with Crippen LogP contribution in [-0.2, 0) is 12.6 Å². The minimum absolute atomic E-state index is 0.496. The fourth-order valence-electron chi connectivity index (χ4n) is 2.30. The van der Waals surface area contributed by atoms with Crippen molar-refractivity contribution in [2.45, 2.75) is 19.4 Å². The van der Waals surface area contributed by atoms with Crippen molar-refractivity contribution in [3.05, 3.63) is 30.2 Å². The lowest BCUT2D eigenvalue weighted by Gasteiger charge is -2.19. The van der Waals surface area contributed by atoms with Gasteiger partial charge in [0.15, 0.2) is 0 Å². The van der Waals surface area contributed by atoms with Crippen molar-refractivity contribution in [3.63, 3.8) is 0 Å². The number of hydrogen-bond donors (Lipinski definition) is 2. The summed E-state index contributed by atoms with van der Waals surface area (Å²) in [5, 5.41) is 11.0. The van der Waals surface area contributed by atoms with Crippen LogP contribution in [-0.4, -0.2) is 19.6 Å². The topological polar surface area (TPSA) is 77.0 Å². The van der Waals surface area contributed by atoms with E-state index in [-0.39, 0.29) is 0 Å². The minimum Gasteiger partial charge on any atom is -0.397 e. The third-order valence-electron chi connectivity index (χ3n) is 3.27. The van der Waals surface area contributed by atoms with Gasteiger partial charge in [0.2, 0.25) is 0 Å². The van der Waals surface area contributed by atoms with Gasteiger partial charge in [-0.25, -0.2) is 9.97 Å². The molecule has 0 atom stereocenters. The summed E-state index contributed by atoms with van der Waals surface area (Å²) in [6, 6.07) is 5.76. The first-order valence-electron chi connectivity index (χ1n) is 6.10. The molecular formula is C14H16N4O. The molecule has 0 amide bonds. The lowest BCUT2D eigenvalue weighted by Crippen LogP contribution is -2.19. The molecule has 2 aromatic heterocycles. The maximum atomic E-state index is 10.1. The molecule has 3 N–H and O–H groups in total. The van der Waals surface area contributed by atoms with Gasteiger partial charge in [0.1, 0.15) is 5.60 Å². The van der Waals surface area contributed by atoms with Crippen LogP contribution in [0.5, 0.6) is 0 Å². The molecule has 0 bridgehead atoms. The summed E-state index contributed by atoms with van der Waals surface area (Å²) < 4.78 is 1.94. The number of nitrogens with two attached hydrogens (primary N) is 1. The maximum absolute atomic E-state index is 10.1. The van der Waals surface area contributed by atoms with Crippen LogP contribution in [0, 0.1) is 0 Å². The van der Waals surface area contributed by atoms with Gasteiger partial charge in [0.05, 0.1) is 34.3 Å². The summed E-state index contributed by atoms with van der Waals surface area (Å²) in [5.74, 6) is 0. The van der Waals surface area contributed by atoms with Gasteiger partial charge < -0.3 is 15.4 Å². The highest BCUT2D eigenvalue weighted by atomic mass is 16.3. The Morgan fingerprint density at radius 2 is 1.95 bits per heavy atom. The first-order valence-corrected chi connectivity index (χ1v) is 6.10. The number of fused-ring (bicyclic) bond motifs is 2. The molecule has 2 heterocycles. The Morgan fingerprint density at radius 1 is 1.21 bits per heavy atom. The van der Waals surface area contributed by atoms with E-state index >= 15 is 0 Å². The van der Waals surface area contributed by atoms with Gasteiger partial charge in [-0.2, -0.15) is 0 Å². The van der Waals surface area contributed by atoms with E-state index < -0.39 is 5.60 Å². The second-order valence-corrected chi connectivity index (χ2v) is 5.37. The molecule has 0 radical (unpaired) electrons. The van der Waals surface area contributed by atoms with Gasteiger partial charge >= 0.3 is 0 Å². The third kappa shape index (κ3) is 1.82. The molecule has 5 heteroatoms. The zero-order valence-electron chi connectivity index (χ0n) is 11.2. The molecule has 1 aromatic carbocycles. The maximum Gasteiger partial charge on any atom is 0.103 e. The predicted molar refractivity (Wildman–Crippen MR) is 75.7 cm³/mol.